The van der Waals surface area contributed by atoms with Gasteiger partial charge in [0.15, 0.2) is 0 Å². The number of benzene rings is 3. The Labute approximate surface area is 191 Å². The third-order valence-corrected chi connectivity index (χ3v) is 5.11. The number of nitrogens with zero attached hydrogens (tertiary/aromatic N) is 2. The molecule has 7 nitrogen and oxygen atoms in total. The maximum absolute atomic E-state index is 12.5. The maximum atomic E-state index is 12.5. The first kappa shape index (κ1) is 22.0. The molecular weight excluding hydrogens is 416 g/mol. The van der Waals surface area contributed by atoms with Crippen molar-refractivity contribution in [2.45, 2.75) is 25.8 Å². The first-order valence-corrected chi connectivity index (χ1v) is 10.7. The van der Waals surface area contributed by atoms with E-state index in [-0.39, 0.29) is 24.3 Å². The van der Waals surface area contributed by atoms with E-state index < -0.39 is 0 Å². The molecule has 3 aromatic carbocycles. The summed E-state index contributed by atoms with van der Waals surface area (Å²) in [6.45, 7) is 1.90. The van der Waals surface area contributed by atoms with E-state index in [0.717, 1.165) is 11.1 Å². The second-order valence-electron chi connectivity index (χ2n) is 7.60. The normalized spacial score (nSPS) is 11.5. The number of aryl methyl sites for hydroxylation is 1. The third kappa shape index (κ3) is 5.92. The van der Waals surface area contributed by atoms with Crippen molar-refractivity contribution in [3.05, 3.63) is 102 Å². The molecule has 0 aliphatic carbocycles. The van der Waals surface area contributed by atoms with Gasteiger partial charge < -0.3 is 15.1 Å². The molecule has 0 saturated carbocycles. The van der Waals surface area contributed by atoms with Gasteiger partial charge in [0.25, 0.3) is 5.91 Å². The van der Waals surface area contributed by atoms with E-state index in [1.807, 2.05) is 79.7 Å². The number of nitrogens with one attached hydrogen (secondary N) is 2. The van der Waals surface area contributed by atoms with Crippen LogP contribution < -0.4 is 10.6 Å². The van der Waals surface area contributed by atoms with Crippen LogP contribution in [0.2, 0.25) is 0 Å². The summed E-state index contributed by atoms with van der Waals surface area (Å²) in [5.74, 6) is 0.551. The van der Waals surface area contributed by atoms with Crippen LogP contribution in [0, 0.1) is 0 Å². The largest absolute Gasteiger partial charge is 0.421 e. The van der Waals surface area contributed by atoms with Crippen LogP contribution in [0.15, 0.2) is 89.3 Å². The molecule has 0 aliphatic heterocycles. The highest BCUT2D eigenvalue weighted by Crippen LogP contribution is 2.20. The average molecular weight is 441 g/mol. The van der Waals surface area contributed by atoms with Crippen LogP contribution in [0.3, 0.4) is 0 Å². The highest BCUT2D eigenvalue weighted by atomic mass is 16.4. The van der Waals surface area contributed by atoms with Gasteiger partial charge in [0.2, 0.25) is 17.7 Å². The average Bonchev–Trinajstić information content (AvgIpc) is 3.33. The van der Waals surface area contributed by atoms with E-state index in [1.165, 1.54) is 0 Å². The molecule has 1 unspecified atom stereocenters. The molecular formula is C26H24N4O3. The zero-order chi connectivity index (χ0) is 23.0. The zero-order valence-electron chi connectivity index (χ0n) is 18.2. The molecule has 1 heterocycles. The highest BCUT2D eigenvalue weighted by molar-refractivity contribution is 6.04. The quantitative estimate of drug-likeness (QED) is 0.410. The minimum atomic E-state index is -0.228. The minimum absolute atomic E-state index is 0.124. The van der Waals surface area contributed by atoms with Crippen LogP contribution in [0.4, 0.5) is 5.69 Å². The summed E-state index contributed by atoms with van der Waals surface area (Å²) in [4.78, 5) is 24.8. The van der Waals surface area contributed by atoms with Crippen molar-refractivity contribution in [2.24, 2.45) is 0 Å². The van der Waals surface area contributed by atoms with Gasteiger partial charge in [-0.15, -0.1) is 10.2 Å². The lowest BCUT2D eigenvalue weighted by Crippen LogP contribution is -2.27. The zero-order valence-corrected chi connectivity index (χ0v) is 18.2. The van der Waals surface area contributed by atoms with Gasteiger partial charge in [0.05, 0.1) is 6.04 Å². The topological polar surface area (TPSA) is 97.1 Å². The van der Waals surface area contributed by atoms with Gasteiger partial charge in [-0.25, -0.2) is 0 Å². The number of amides is 2. The Balaban J connectivity index is 1.30. The molecule has 4 aromatic rings. The summed E-state index contributed by atoms with van der Waals surface area (Å²) in [7, 11) is 0. The third-order valence-electron chi connectivity index (χ3n) is 5.11. The van der Waals surface area contributed by atoms with Gasteiger partial charge in [0, 0.05) is 29.7 Å². The van der Waals surface area contributed by atoms with E-state index >= 15 is 0 Å². The van der Waals surface area contributed by atoms with Crippen molar-refractivity contribution in [3.8, 4) is 11.5 Å². The first-order valence-electron chi connectivity index (χ1n) is 10.7. The second kappa shape index (κ2) is 10.4. The molecule has 1 atom stereocenters. The number of hydrogen-bond acceptors (Lipinski definition) is 5. The smallest absolute Gasteiger partial charge is 0.255 e. The molecule has 33 heavy (non-hydrogen) atoms. The molecule has 0 radical (unpaired) electrons. The lowest BCUT2D eigenvalue weighted by molar-refractivity contribution is -0.121. The standard InChI is InChI=1S/C26H24N4O3/c1-18(21-13-8-14-22(17-21)28-25(32)19-9-4-2-5-10-19)27-23(31)15-16-24-29-30-26(33-24)20-11-6-3-7-12-20/h2-14,17-18H,15-16H2,1H3,(H,27,31)(H,28,32). The fourth-order valence-corrected chi connectivity index (χ4v) is 3.35. The molecule has 0 saturated heterocycles. The molecule has 0 bridgehead atoms. The van der Waals surface area contributed by atoms with Crippen LogP contribution >= 0.6 is 0 Å². The molecule has 7 heteroatoms. The van der Waals surface area contributed by atoms with E-state index in [9.17, 15) is 9.59 Å². The molecule has 0 fully saturated rings. The van der Waals surface area contributed by atoms with Gasteiger partial charge in [-0.1, -0.05) is 48.5 Å². The lowest BCUT2D eigenvalue weighted by atomic mass is 10.1. The Morgan fingerprint density at radius 1 is 0.909 bits per heavy atom. The molecule has 1 aromatic heterocycles. The number of hydrogen-bond donors (Lipinski definition) is 2. The summed E-state index contributed by atoms with van der Waals surface area (Å²) in [5, 5.41) is 13.9. The van der Waals surface area contributed by atoms with E-state index in [2.05, 4.69) is 20.8 Å². The van der Waals surface area contributed by atoms with E-state index in [4.69, 9.17) is 4.42 Å². The second-order valence-corrected chi connectivity index (χ2v) is 7.60. The molecule has 4 rings (SSSR count). The number of rotatable bonds is 8. The van der Waals surface area contributed by atoms with Crippen molar-refractivity contribution in [3.63, 3.8) is 0 Å². The number of carbonyl (C=O) groups excluding carboxylic acids is 2. The van der Waals surface area contributed by atoms with Gasteiger partial charge >= 0.3 is 0 Å². The minimum Gasteiger partial charge on any atom is -0.421 e. The first-order chi connectivity index (χ1) is 16.1. The number of aromatic nitrogens is 2. The Bertz CT molecular complexity index is 1220. The Hall–Kier alpha value is -4.26. The molecule has 0 aliphatic rings. The molecule has 2 N–H and O–H groups in total. The van der Waals surface area contributed by atoms with Crippen molar-refractivity contribution < 1.29 is 14.0 Å². The van der Waals surface area contributed by atoms with Crippen molar-refractivity contribution >= 4 is 17.5 Å². The Morgan fingerprint density at radius 2 is 1.64 bits per heavy atom. The number of carbonyl (C=O) groups is 2. The molecule has 2 amide bonds. The van der Waals surface area contributed by atoms with Crippen molar-refractivity contribution in [2.75, 3.05) is 5.32 Å². The van der Waals surface area contributed by atoms with Crippen LogP contribution in [0.1, 0.15) is 41.2 Å². The summed E-state index contributed by atoms with van der Waals surface area (Å²) in [5.41, 5.74) is 2.98. The molecule has 0 spiro atoms. The fourth-order valence-electron chi connectivity index (χ4n) is 3.35. The van der Waals surface area contributed by atoms with Gasteiger partial charge in [-0.2, -0.15) is 0 Å². The maximum Gasteiger partial charge on any atom is 0.255 e. The van der Waals surface area contributed by atoms with Crippen molar-refractivity contribution in [1.82, 2.24) is 15.5 Å². The van der Waals surface area contributed by atoms with Crippen LogP contribution in [0.25, 0.3) is 11.5 Å². The lowest BCUT2D eigenvalue weighted by Gasteiger charge is -2.15. The van der Waals surface area contributed by atoms with Crippen LogP contribution in [0.5, 0.6) is 0 Å². The van der Waals surface area contributed by atoms with Crippen LogP contribution in [-0.4, -0.2) is 22.0 Å². The Kier molecular flexibility index (Phi) is 6.90. The number of anilines is 1. The van der Waals surface area contributed by atoms with Gasteiger partial charge in [-0.3, -0.25) is 9.59 Å². The summed E-state index contributed by atoms with van der Waals surface area (Å²) >= 11 is 0. The fraction of sp³-hybridized carbons (Fsp3) is 0.154. The SMILES string of the molecule is CC(NC(=O)CCc1nnc(-c2ccccc2)o1)c1cccc(NC(=O)c2ccccc2)c1. The summed E-state index contributed by atoms with van der Waals surface area (Å²) < 4.78 is 5.66. The van der Waals surface area contributed by atoms with Crippen molar-refractivity contribution in [1.29, 1.82) is 0 Å². The predicted molar refractivity (Wildman–Crippen MR) is 125 cm³/mol. The van der Waals surface area contributed by atoms with E-state index in [0.29, 0.717) is 29.5 Å². The van der Waals surface area contributed by atoms with Gasteiger partial charge in [-0.05, 0) is 48.9 Å². The van der Waals surface area contributed by atoms with Gasteiger partial charge in [0.1, 0.15) is 0 Å². The van der Waals surface area contributed by atoms with E-state index in [1.54, 1.807) is 12.1 Å². The summed E-state index contributed by atoms with van der Waals surface area (Å²) in [6, 6.07) is 25.7. The predicted octanol–water partition coefficient (Wildman–Crippen LogP) is 4.80. The molecule has 166 valence electrons. The highest BCUT2D eigenvalue weighted by Gasteiger charge is 2.14. The monoisotopic (exact) mass is 440 g/mol. The van der Waals surface area contributed by atoms with Crippen LogP contribution in [-0.2, 0) is 11.2 Å². The summed E-state index contributed by atoms with van der Waals surface area (Å²) in [6.07, 6.45) is 0.580. The Morgan fingerprint density at radius 3 is 2.39 bits per heavy atom.